The van der Waals surface area contributed by atoms with Gasteiger partial charge in [0.1, 0.15) is 42.3 Å². The van der Waals surface area contributed by atoms with E-state index >= 15 is 0 Å². The number of urea groups is 1. The molecule has 2 heterocycles. The van der Waals surface area contributed by atoms with E-state index in [2.05, 4.69) is 26.6 Å². The van der Waals surface area contributed by atoms with Crippen LogP contribution in [0.2, 0.25) is 0 Å². The predicted molar refractivity (Wildman–Crippen MR) is 382 cm³/mol. The van der Waals surface area contributed by atoms with Crippen molar-refractivity contribution < 1.29 is 85.2 Å². The number of nitrogens with two attached hydrogens (primary N) is 1. The molecule has 25 nitrogen and oxygen atoms in total. The Morgan fingerprint density at radius 2 is 1.32 bits per heavy atom. The van der Waals surface area contributed by atoms with Gasteiger partial charge >= 0.3 is 18.3 Å². The molecule has 28 heteroatoms. The van der Waals surface area contributed by atoms with Gasteiger partial charge < -0.3 is 56.1 Å². The quantitative estimate of drug-likeness (QED) is 0.0245. The summed E-state index contributed by atoms with van der Waals surface area (Å²) in [5.74, 6) is -6.22. The average molecular weight is 1460 g/mol. The van der Waals surface area contributed by atoms with Gasteiger partial charge in [-0.15, -0.1) is 0 Å². The number of benzene rings is 2. The van der Waals surface area contributed by atoms with Crippen molar-refractivity contribution in [3.05, 3.63) is 71.3 Å². The molecule has 0 aromatic heterocycles. The number of ether oxygens (including phenoxy) is 3. The van der Waals surface area contributed by atoms with E-state index in [1.807, 2.05) is 51.1 Å². The van der Waals surface area contributed by atoms with Crippen LogP contribution in [0.4, 0.5) is 22.8 Å². The molecule has 13 atom stereocenters. The molecule has 0 saturated carbocycles. The Balaban J connectivity index is 1.31. The number of carbonyl (C=O) groups is 11. The third-order valence-electron chi connectivity index (χ3n) is 20.0. The largest absolute Gasteiger partial charge is 0.445 e. The fraction of sp³-hybridized carbons (Fsp3) is 0.693. The van der Waals surface area contributed by atoms with E-state index in [-0.39, 0.29) is 138 Å². The summed E-state index contributed by atoms with van der Waals surface area (Å²) >= 11 is 0. The van der Waals surface area contributed by atoms with Gasteiger partial charge in [0.2, 0.25) is 41.4 Å². The van der Waals surface area contributed by atoms with Gasteiger partial charge in [0.25, 0.3) is 0 Å². The number of nitrogens with zero attached hydrogens (tertiary/aromatic N) is 4. The van der Waals surface area contributed by atoms with Gasteiger partial charge in [-0.05, 0) is 91.2 Å². The second-order valence-electron chi connectivity index (χ2n) is 28.9. The summed E-state index contributed by atoms with van der Waals surface area (Å²) < 4.78 is 60.9. The topological polar surface area (TPSA) is 335 Å². The number of aliphatic hydroxyl groups is 1. The number of carbonyl (C=O) groups excluding carboxylic acids is 11. The third-order valence-corrected chi connectivity index (χ3v) is 20.0. The van der Waals surface area contributed by atoms with E-state index in [9.17, 15) is 71.0 Å². The summed E-state index contributed by atoms with van der Waals surface area (Å²) in [6.07, 6.45) is -4.80. The minimum atomic E-state index is -4.74. The van der Waals surface area contributed by atoms with Crippen LogP contribution in [0.3, 0.4) is 0 Å². The molecule has 0 aliphatic carbocycles. The van der Waals surface area contributed by atoms with Crippen molar-refractivity contribution in [2.75, 3.05) is 54.5 Å². The Morgan fingerprint density at radius 3 is 1.89 bits per heavy atom. The van der Waals surface area contributed by atoms with Crippen molar-refractivity contribution in [2.24, 2.45) is 41.2 Å². The molecule has 2 aliphatic rings. The van der Waals surface area contributed by atoms with Crippen LogP contribution in [0.5, 0.6) is 0 Å². The van der Waals surface area contributed by atoms with E-state index in [0.717, 1.165) is 10.5 Å². The number of hydrogen-bond acceptors (Lipinski definition) is 16. The first kappa shape index (κ1) is 87.8. The summed E-state index contributed by atoms with van der Waals surface area (Å²) in [5, 5.41) is 24.1. The molecule has 0 spiro atoms. The van der Waals surface area contributed by atoms with E-state index < -0.39 is 126 Å². The van der Waals surface area contributed by atoms with Crippen LogP contribution < -0.4 is 32.3 Å². The highest BCUT2D eigenvalue weighted by Gasteiger charge is 2.45. The summed E-state index contributed by atoms with van der Waals surface area (Å²) in [4.78, 5) is 153. The van der Waals surface area contributed by atoms with Gasteiger partial charge in [0.05, 0.1) is 42.9 Å². The lowest BCUT2D eigenvalue weighted by molar-refractivity contribution is -0.162. The molecular weight excluding hydrogens is 1340 g/mol. The maximum Gasteiger partial charge on any atom is 0.410 e. The van der Waals surface area contributed by atoms with Crippen molar-refractivity contribution in [3.8, 4) is 0 Å². The Hall–Kier alpha value is -7.56. The van der Waals surface area contributed by atoms with Crippen LogP contribution in [-0.2, 0) is 70.4 Å². The first-order valence-electron chi connectivity index (χ1n) is 36.5. The van der Waals surface area contributed by atoms with Gasteiger partial charge in [-0.1, -0.05) is 143 Å². The van der Waals surface area contributed by atoms with Crippen molar-refractivity contribution in [1.29, 1.82) is 0 Å². The SMILES string of the molecule is CC[C@H](C)[C@@H]([C@@H](CC(=O)N1CCCC1[C@H](OC)[C@@H](C)C(=O)C[C@H](C)[C@@H](O)c1ccccc1)OC)N(C)C(=O)[C@@H](NC(=O)[C@H](C(C)C)N(C)C(=O)OCc1ccc(CC(=O)CCCNC(=O)[C@H](CCCNC(N)=O)NC(=O)[C@@H](N[C@@H](CCCCCN2C(=O)CCC2=O)C(F)(F)F)C(C)C)cc1)C(C)C. The van der Waals surface area contributed by atoms with Crippen LogP contribution in [0.15, 0.2) is 54.6 Å². The molecule has 0 bridgehead atoms. The zero-order valence-corrected chi connectivity index (χ0v) is 62.9. The number of amides is 10. The number of imide groups is 1. The predicted octanol–water partition coefficient (Wildman–Crippen LogP) is 7.87. The van der Waals surface area contributed by atoms with E-state index in [1.54, 1.807) is 89.6 Å². The number of hydrogen-bond donors (Lipinski definition) is 7. The van der Waals surface area contributed by atoms with Crippen molar-refractivity contribution in [3.63, 3.8) is 0 Å². The molecule has 1 unspecified atom stereocenters. The Morgan fingerprint density at radius 1 is 0.699 bits per heavy atom. The number of likely N-dealkylation sites (N-methyl/N-ethyl adjacent to an activating group) is 2. The molecular formula is C75H117F3N10O15. The molecule has 4 rings (SSSR count). The Bertz CT molecular complexity index is 3070. The van der Waals surface area contributed by atoms with Gasteiger partial charge in [0.15, 0.2) is 0 Å². The number of likely N-dealkylation sites (tertiary alicyclic amines) is 2. The van der Waals surface area contributed by atoms with Crippen molar-refractivity contribution in [2.45, 2.75) is 245 Å². The van der Waals surface area contributed by atoms with Crippen LogP contribution >= 0.6 is 0 Å². The first-order valence-corrected chi connectivity index (χ1v) is 36.5. The van der Waals surface area contributed by atoms with Gasteiger partial charge in [-0.2, -0.15) is 13.2 Å². The Kier molecular flexibility index (Phi) is 36.7. The lowest BCUT2D eigenvalue weighted by atomic mass is 9.85. The lowest BCUT2D eigenvalue weighted by Gasteiger charge is -2.41. The smallest absolute Gasteiger partial charge is 0.410 e. The molecule has 103 heavy (non-hydrogen) atoms. The van der Waals surface area contributed by atoms with Gasteiger partial charge in [-0.25, -0.2) is 9.59 Å². The second kappa shape index (κ2) is 43.0. The molecule has 8 N–H and O–H groups in total. The van der Waals surface area contributed by atoms with Gasteiger partial charge in [-0.3, -0.25) is 58.3 Å². The monoisotopic (exact) mass is 1450 g/mol. The number of primary amides is 1. The number of unbranched alkanes of at least 4 members (excludes halogenated alkanes) is 2. The number of aliphatic hydroxyl groups excluding tert-OH is 1. The van der Waals surface area contributed by atoms with Crippen molar-refractivity contribution in [1.82, 2.24) is 46.2 Å². The van der Waals surface area contributed by atoms with E-state index in [0.29, 0.717) is 49.8 Å². The van der Waals surface area contributed by atoms with Crippen LogP contribution in [0.1, 0.15) is 188 Å². The zero-order valence-electron chi connectivity index (χ0n) is 62.9. The highest BCUT2D eigenvalue weighted by Crippen LogP contribution is 2.33. The molecule has 2 fully saturated rings. The molecule has 2 aromatic rings. The first-order chi connectivity index (χ1) is 48.6. The number of rotatable bonds is 45. The maximum atomic E-state index is 14.8. The fourth-order valence-electron chi connectivity index (χ4n) is 13.7. The maximum absolute atomic E-state index is 14.8. The fourth-order valence-corrected chi connectivity index (χ4v) is 13.7. The average Bonchev–Trinajstić information content (AvgIpc) is 1.55. The third kappa shape index (κ3) is 27.1. The molecule has 10 amide bonds. The number of methoxy groups -OCH3 is 2. The number of Topliss-reactive ketones (excluding diaryl/α,β-unsaturated/α-hetero) is 2. The summed E-state index contributed by atoms with van der Waals surface area (Å²) in [6, 6.07) is 7.31. The number of nitrogens with one attached hydrogen (secondary N) is 5. The highest BCUT2D eigenvalue weighted by molar-refractivity contribution is 6.02. The molecule has 2 saturated heterocycles. The summed E-state index contributed by atoms with van der Waals surface area (Å²) in [6.45, 7) is 18.3. The van der Waals surface area contributed by atoms with Crippen molar-refractivity contribution >= 4 is 65.0 Å². The lowest BCUT2D eigenvalue weighted by Crippen LogP contribution is -2.60. The molecule has 2 aliphatic heterocycles. The second-order valence-corrected chi connectivity index (χ2v) is 28.9. The standard InChI is InChI=1S/C75H117F3N10O15/c1-15-48(8)66(58(101-13)43-62(93)87-40-24-29-56(87)68(102-14)50(10)57(90)41-49(9)67(94)53-25-18-16-19-26-53)85(11)72(98)64(46(4)5)84-71(97)65(47(6)7)86(12)74(100)103-44-52-33-31-51(32-34-52)42-54(89)27-22-37-80-69(95)55(28-23-38-81-73(79)99)82-70(96)63(45(2)3)83-59(75(76,77)78)30-20-17-21-39-88-60(91)35-36-61(88)92/h16,18-19,25-26,31-34,45-50,55-56,58-59,63-68,83,94H,15,17,20-24,27-30,35-44H2,1-14H3,(H,80,95)(H,82,96)(H,84,97)(H3,79,81,99)/t48-,49-,50-,55-,56?,58+,59-,63-,64-,65-,66-,67+,68+/m0/s1. The molecule has 0 radical (unpaired) electrons. The van der Waals surface area contributed by atoms with E-state index in [1.165, 1.54) is 26.2 Å². The Labute approximate surface area is 606 Å². The van der Waals surface area contributed by atoms with Crippen LogP contribution in [0.25, 0.3) is 0 Å². The molecule has 578 valence electrons. The number of ketones is 2. The number of alkyl halides is 3. The summed E-state index contributed by atoms with van der Waals surface area (Å²) in [7, 11) is 6.11. The van der Waals surface area contributed by atoms with Crippen LogP contribution in [-0.4, -0.2) is 205 Å². The summed E-state index contributed by atoms with van der Waals surface area (Å²) in [5.41, 5.74) is 7.15. The van der Waals surface area contributed by atoms with Gasteiger partial charge in [0, 0.05) is 92.5 Å². The van der Waals surface area contributed by atoms with E-state index in [4.69, 9.17) is 19.9 Å². The minimum Gasteiger partial charge on any atom is -0.445 e. The highest BCUT2D eigenvalue weighted by atomic mass is 19.4. The van der Waals surface area contributed by atoms with Crippen LogP contribution in [0, 0.1) is 35.5 Å². The zero-order chi connectivity index (χ0) is 77.0. The number of halogens is 3. The molecule has 2 aromatic carbocycles. The normalized spacial score (nSPS) is 17.7. The minimum absolute atomic E-state index is 0.0125.